The number of aryl methyl sites for hydroxylation is 1. The number of benzene rings is 1. The van der Waals surface area contributed by atoms with E-state index in [1.54, 1.807) is 12.1 Å². The molecule has 24 heavy (non-hydrogen) atoms. The van der Waals surface area contributed by atoms with Crippen LogP contribution in [0.25, 0.3) is 0 Å². The summed E-state index contributed by atoms with van der Waals surface area (Å²) in [7, 11) is 0. The Bertz CT molecular complexity index is 557. The number of hydrogen-bond acceptors (Lipinski definition) is 4. The normalized spacial score (nSPS) is 11.6. The Hall–Kier alpha value is -2.41. The molecule has 1 aromatic rings. The van der Waals surface area contributed by atoms with Crippen molar-refractivity contribution >= 4 is 17.8 Å². The summed E-state index contributed by atoms with van der Waals surface area (Å²) in [6.45, 7) is 2.39. The predicted octanol–water partition coefficient (Wildman–Crippen LogP) is 0.677. The van der Waals surface area contributed by atoms with Gasteiger partial charge in [0.15, 0.2) is 0 Å². The van der Waals surface area contributed by atoms with Gasteiger partial charge in [0.2, 0.25) is 5.91 Å². The van der Waals surface area contributed by atoms with Crippen LogP contribution in [0.5, 0.6) is 0 Å². The minimum absolute atomic E-state index is 0.0649. The minimum atomic E-state index is -1.07. The zero-order valence-electron chi connectivity index (χ0n) is 13.9. The first kappa shape index (κ1) is 19.6. The lowest BCUT2D eigenvalue weighted by Crippen LogP contribution is -2.40. The number of carbonyl (C=O) groups is 3. The van der Waals surface area contributed by atoms with Crippen molar-refractivity contribution in [3.63, 3.8) is 0 Å². The monoisotopic (exact) mass is 335 g/mol. The first-order chi connectivity index (χ1) is 11.5. The molecule has 0 radical (unpaired) electrons. The molecule has 0 fully saturated rings. The molecule has 0 heterocycles. The van der Waals surface area contributed by atoms with Crippen LogP contribution in [0.3, 0.4) is 0 Å². The average Bonchev–Trinajstić information content (AvgIpc) is 2.59. The van der Waals surface area contributed by atoms with E-state index in [-0.39, 0.29) is 12.5 Å². The van der Waals surface area contributed by atoms with Crippen LogP contribution >= 0.6 is 0 Å². The molecule has 0 aliphatic heterocycles. The summed E-state index contributed by atoms with van der Waals surface area (Å²) >= 11 is 0. The molecule has 2 amide bonds. The largest absolute Gasteiger partial charge is 0.480 e. The molecular weight excluding hydrogens is 310 g/mol. The van der Waals surface area contributed by atoms with Crippen molar-refractivity contribution in [2.45, 2.75) is 38.6 Å². The van der Waals surface area contributed by atoms with Crippen LogP contribution < -0.4 is 16.4 Å². The maximum atomic E-state index is 12.1. The maximum absolute atomic E-state index is 12.1. The molecule has 0 aliphatic carbocycles. The lowest BCUT2D eigenvalue weighted by Gasteiger charge is -2.14. The molecular formula is C17H25N3O4. The molecule has 1 aromatic carbocycles. The molecule has 1 rings (SSSR count). The number of carbonyl (C=O) groups excluding carboxylic acids is 2. The fraction of sp³-hybridized carbons (Fsp3) is 0.471. The van der Waals surface area contributed by atoms with E-state index in [9.17, 15) is 19.5 Å². The number of hydrogen-bond donors (Lipinski definition) is 4. The van der Waals surface area contributed by atoms with E-state index >= 15 is 0 Å². The molecule has 0 spiro atoms. The number of nitrogens with two attached hydrogens (primary N) is 1. The summed E-state index contributed by atoms with van der Waals surface area (Å²) in [6.07, 6.45) is 2.36. The van der Waals surface area contributed by atoms with Gasteiger partial charge in [-0.05, 0) is 43.4 Å². The standard InChI is InChI=1S/C17H25N3O4/c1-2-12-6-8-13(9-7-12)16(22)20-14(17(23)24)5-3-4-10-19-15(21)11-18/h6-9,14H,2-5,10-11,18H2,1H3,(H,19,21)(H,20,22)(H,23,24)/t14-/m0/s1. The van der Waals surface area contributed by atoms with Gasteiger partial charge in [0.25, 0.3) is 5.91 Å². The van der Waals surface area contributed by atoms with Crippen LogP contribution in [0, 0.1) is 0 Å². The first-order valence-electron chi connectivity index (χ1n) is 8.07. The summed E-state index contributed by atoms with van der Waals surface area (Å²) in [4.78, 5) is 34.4. The van der Waals surface area contributed by atoms with Crippen molar-refractivity contribution in [2.24, 2.45) is 5.73 Å². The Morgan fingerprint density at radius 3 is 2.38 bits per heavy atom. The second kappa shape index (κ2) is 10.4. The molecule has 0 saturated heterocycles. The van der Waals surface area contributed by atoms with Crippen LogP contribution in [0.1, 0.15) is 42.1 Å². The second-order valence-electron chi connectivity index (χ2n) is 5.46. The number of aliphatic carboxylic acids is 1. The number of carboxylic acids is 1. The molecule has 7 nitrogen and oxygen atoms in total. The SMILES string of the molecule is CCc1ccc(C(=O)N[C@@H](CCCCNC(=O)CN)C(=O)O)cc1. The van der Waals surface area contributed by atoms with Gasteiger partial charge in [0.05, 0.1) is 6.54 Å². The van der Waals surface area contributed by atoms with Gasteiger partial charge in [0, 0.05) is 12.1 Å². The van der Waals surface area contributed by atoms with Gasteiger partial charge in [-0.25, -0.2) is 4.79 Å². The molecule has 1 atom stereocenters. The highest BCUT2D eigenvalue weighted by Crippen LogP contribution is 2.07. The van der Waals surface area contributed by atoms with E-state index in [4.69, 9.17) is 5.73 Å². The Morgan fingerprint density at radius 1 is 1.17 bits per heavy atom. The summed E-state index contributed by atoms with van der Waals surface area (Å²) in [5.74, 6) is -1.71. The molecule has 132 valence electrons. The Balaban J connectivity index is 2.45. The van der Waals surface area contributed by atoms with Gasteiger partial charge in [0.1, 0.15) is 6.04 Å². The van der Waals surface area contributed by atoms with Crippen LogP contribution in [0.4, 0.5) is 0 Å². The molecule has 0 aromatic heterocycles. The summed E-state index contributed by atoms with van der Waals surface area (Å²) in [6, 6.07) is 6.13. The smallest absolute Gasteiger partial charge is 0.326 e. The fourth-order valence-corrected chi connectivity index (χ4v) is 2.16. The van der Waals surface area contributed by atoms with Crippen molar-refractivity contribution in [1.29, 1.82) is 0 Å². The van der Waals surface area contributed by atoms with E-state index in [0.29, 0.717) is 31.4 Å². The minimum Gasteiger partial charge on any atom is -0.480 e. The fourth-order valence-electron chi connectivity index (χ4n) is 2.16. The zero-order chi connectivity index (χ0) is 17.9. The topological polar surface area (TPSA) is 122 Å². The van der Waals surface area contributed by atoms with Gasteiger partial charge < -0.3 is 21.5 Å². The summed E-state index contributed by atoms with van der Waals surface area (Å²) in [5, 5.41) is 14.4. The molecule has 0 saturated carbocycles. The third-order valence-electron chi connectivity index (χ3n) is 3.65. The van der Waals surface area contributed by atoms with Crippen molar-refractivity contribution in [3.05, 3.63) is 35.4 Å². The predicted molar refractivity (Wildman–Crippen MR) is 90.6 cm³/mol. The number of amides is 2. The number of unbranched alkanes of at least 4 members (excludes halogenated alkanes) is 1. The molecule has 5 N–H and O–H groups in total. The quantitative estimate of drug-likeness (QED) is 0.468. The van der Waals surface area contributed by atoms with Crippen LogP contribution in [-0.4, -0.2) is 42.0 Å². The number of nitrogens with one attached hydrogen (secondary N) is 2. The van der Waals surface area contributed by atoms with Gasteiger partial charge in [-0.3, -0.25) is 9.59 Å². The molecule has 7 heteroatoms. The van der Waals surface area contributed by atoms with Crippen molar-refractivity contribution < 1.29 is 19.5 Å². The maximum Gasteiger partial charge on any atom is 0.326 e. The van der Waals surface area contributed by atoms with Crippen molar-refractivity contribution in [1.82, 2.24) is 10.6 Å². The molecule has 0 unspecified atom stereocenters. The van der Waals surface area contributed by atoms with E-state index in [1.165, 1.54) is 0 Å². The summed E-state index contributed by atoms with van der Waals surface area (Å²) < 4.78 is 0. The highest BCUT2D eigenvalue weighted by Gasteiger charge is 2.20. The van der Waals surface area contributed by atoms with Gasteiger partial charge in [-0.2, -0.15) is 0 Å². The average molecular weight is 335 g/mol. The molecule has 0 bridgehead atoms. The van der Waals surface area contributed by atoms with E-state index < -0.39 is 17.9 Å². The Labute approximate surface area is 141 Å². The Kier molecular flexibility index (Phi) is 8.49. The van der Waals surface area contributed by atoms with Gasteiger partial charge >= 0.3 is 5.97 Å². The van der Waals surface area contributed by atoms with Crippen molar-refractivity contribution in [2.75, 3.05) is 13.1 Å². The van der Waals surface area contributed by atoms with Crippen LogP contribution in [0.2, 0.25) is 0 Å². The van der Waals surface area contributed by atoms with E-state index in [2.05, 4.69) is 10.6 Å². The van der Waals surface area contributed by atoms with Crippen molar-refractivity contribution in [3.8, 4) is 0 Å². The third-order valence-corrected chi connectivity index (χ3v) is 3.65. The lowest BCUT2D eigenvalue weighted by atomic mass is 10.1. The highest BCUT2D eigenvalue weighted by atomic mass is 16.4. The molecule has 0 aliphatic rings. The van der Waals surface area contributed by atoms with Crippen LogP contribution in [0.15, 0.2) is 24.3 Å². The number of rotatable bonds is 10. The Morgan fingerprint density at radius 2 is 1.83 bits per heavy atom. The highest BCUT2D eigenvalue weighted by molar-refractivity contribution is 5.96. The van der Waals surface area contributed by atoms with E-state index in [0.717, 1.165) is 12.0 Å². The van der Waals surface area contributed by atoms with Gasteiger partial charge in [-0.1, -0.05) is 19.1 Å². The van der Waals surface area contributed by atoms with Gasteiger partial charge in [-0.15, -0.1) is 0 Å². The first-order valence-corrected chi connectivity index (χ1v) is 8.07. The van der Waals surface area contributed by atoms with E-state index in [1.807, 2.05) is 19.1 Å². The lowest BCUT2D eigenvalue weighted by molar-refractivity contribution is -0.139. The third kappa shape index (κ3) is 6.78. The van der Waals surface area contributed by atoms with Crippen LogP contribution in [-0.2, 0) is 16.0 Å². The summed E-state index contributed by atoms with van der Waals surface area (Å²) in [5.41, 5.74) is 6.72. The number of carboxylic acid groups (broad SMARTS) is 1. The second-order valence-corrected chi connectivity index (χ2v) is 5.46. The zero-order valence-corrected chi connectivity index (χ0v) is 13.9.